The van der Waals surface area contributed by atoms with Crippen LogP contribution in [-0.4, -0.2) is 24.3 Å². The molecule has 0 saturated heterocycles. The van der Waals surface area contributed by atoms with Crippen LogP contribution < -0.4 is 10.1 Å². The molecule has 2 aromatic carbocycles. The van der Waals surface area contributed by atoms with Crippen LogP contribution in [0, 0.1) is 0 Å². The molecule has 0 bridgehead atoms. The summed E-state index contributed by atoms with van der Waals surface area (Å²) in [6.07, 6.45) is -0.785. The van der Waals surface area contributed by atoms with Crippen molar-refractivity contribution in [1.82, 2.24) is 0 Å². The average molecular weight is 336 g/mol. The van der Waals surface area contributed by atoms with Gasteiger partial charge in [-0.15, -0.1) is 0 Å². The minimum Gasteiger partial charge on any atom is -0.495 e. The summed E-state index contributed by atoms with van der Waals surface area (Å²) in [5.41, 5.74) is 0.708. The van der Waals surface area contributed by atoms with Crippen molar-refractivity contribution < 1.29 is 24.2 Å². The van der Waals surface area contributed by atoms with E-state index in [1.807, 2.05) is 0 Å². The van der Waals surface area contributed by atoms with Gasteiger partial charge in [0.25, 0.3) is 0 Å². The van der Waals surface area contributed by atoms with Crippen molar-refractivity contribution in [3.8, 4) is 5.75 Å². The molecule has 0 aliphatic heterocycles. The smallest absolute Gasteiger partial charge is 0.412 e. The predicted molar refractivity (Wildman–Crippen MR) is 85.2 cm³/mol. The Hall–Kier alpha value is -2.73. The number of carbonyl (C=O) groups is 2. The van der Waals surface area contributed by atoms with Gasteiger partial charge in [-0.3, -0.25) is 5.32 Å². The zero-order valence-electron chi connectivity index (χ0n) is 12.2. The maximum atomic E-state index is 11.9. The van der Waals surface area contributed by atoms with Gasteiger partial charge >= 0.3 is 12.1 Å². The molecular weight excluding hydrogens is 322 g/mol. The summed E-state index contributed by atoms with van der Waals surface area (Å²) in [4.78, 5) is 23.1. The zero-order valence-corrected chi connectivity index (χ0v) is 13.0. The highest BCUT2D eigenvalue weighted by atomic mass is 35.5. The van der Waals surface area contributed by atoms with Gasteiger partial charge in [-0.2, -0.15) is 0 Å². The van der Waals surface area contributed by atoms with E-state index in [1.165, 1.54) is 19.2 Å². The summed E-state index contributed by atoms with van der Waals surface area (Å²) in [5.74, 6) is -0.953. The van der Waals surface area contributed by atoms with Gasteiger partial charge in [0.15, 0.2) is 0 Å². The lowest BCUT2D eigenvalue weighted by atomic mass is 10.1. The monoisotopic (exact) mass is 335 g/mol. The molecule has 0 saturated carbocycles. The lowest BCUT2D eigenvalue weighted by Gasteiger charge is -2.13. The number of rotatable bonds is 5. The number of halogens is 1. The molecule has 0 heterocycles. The highest BCUT2D eigenvalue weighted by molar-refractivity contribution is 6.30. The molecule has 2 aromatic rings. The Labute approximate surface area is 137 Å². The van der Waals surface area contributed by atoms with Crippen LogP contribution >= 0.6 is 11.6 Å². The number of benzene rings is 2. The Morgan fingerprint density at radius 3 is 2.48 bits per heavy atom. The van der Waals surface area contributed by atoms with E-state index in [2.05, 4.69) is 5.32 Å². The highest BCUT2D eigenvalue weighted by Gasteiger charge is 2.17. The summed E-state index contributed by atoms with van der Waals surface area (Å²) in [6.45, 7) is 0.0283. The van der Waals surface area contributed by atoms with Gasteiger partial charge in [-0.05, 0) is 29.8 Å². The molecule has 2 N–H and O–H groups in total. The van der Waals surface area contributed by atoms with E-state index >= 15 is 0 Å². The number of aromatic carboxylic acids is 1. The minimum atomic E-state index is -1.18. The number of carboxylic acid groups (broad SMARTS) is 1. The van der Waals surface area contributed by atoms with Gasteiger partial charge < -0.3 is 14.6 Å². The molecule has 6 nitrogen and oxygen atoms in total. The maximum absolute atomic E-state index is 11.9. The third-order valence-electron chi connectivity index (χ3n) is 2.99. The Kier molecular flexibility index (Phi) is 5.43. The number of ether oxygens (including phenoxy) is 2. The Morgan fingerprint density at radius 2 is 1.87 bits per heavy atom. The van der Waals surface area contributed by atoms with Crippen molar-refractivity contribution in [2.75, 3.05) is 12.4 Å². The van der Waals surface area contributed by atoms with E-state index in [0.717, 1.165) is 5.56 Å². The predicted octanol–water partition coefficient (Wildman–Crippen LogP) is 3.80. The fourth-order valence-electron chi connectivity index (χ4n) is 1.88. The Bertz CT molecular complexity index is 715. The summed E-state index contributed by atoms with van der Waals surface area (Å²) >= 11 is 5.77. The first-order valence-electron chi connectivity index (χ1n) is 6.59. The molecule has 0 fully saturated rings. The molecular formula is C16H14ClNO5. The summed E-state index contributed by atoms with van der Waals surface area (Å²) in [5, 5.41) is 12.2. The molecule has 120 valence electrons. The first-order valence-corrected chi connectivity index (χ1v) is 6.97. The topological polar surface area (TPSA) is 84.9 Å². The number of methoxy groups -OCH3 is 1. The minimum absolute atomic E-state index is 0.0283. The molecule has 2 rings (SSSR count). The van der Waals surface area contributed by atoms with Crippen molar-refractivity contribution in [1.29, 1.82) is 0 Å². The average Bonchev–Trinajstić information content (AvgIpc) is 2.54. The summed E-state index contributed by atoms with van der Waals surface area (Å²) < 4.78 is 10.1. The Balaban J connectivity index is 2.08. The van der Waals surface area contributed by atoms with E-state index in [-0.39, 0.29) is 23.6 Å². The second kappa shape index (κ2) is 7.51. The molecule has 0 aliphatic rings. The quantitative estimate of drug-likeness (QED) is 0.868. The van der Waals surface area contributed by atoms with E-state index in [9.17, 15) is 14.7 Å². The van der Waals surface area contributed by atoms with Crippen molar-refractivity contribution in [3.05, 3.63) is 58.6 Å². The van der Waals surface area contributed by atoms with Crippen LogP contribution in [0.15, 0.2) is 42.5 Å². The highest BCUT2D eigenvalue weighted by Crippen LogP contribution is 2.28. The molecule has 0 unspecified atom stereocenters. The summed E-state index contributed by atoms with van der Waals surface area (Å²) in [7, 11) is 1.38. The largest absolute Gasteiger partial charge is 0.495 e. The van der Waals surface area contributed by atoms with Crippen molar-refractivity contribution >= 4 is 29.4 Å². The number of anilines is 1. The van der Waals surface area contributed by atoms with Crippen LogP contribution in [0.3, 0.4) is 0 Å². The van der Waals surface area contributed by atoms with Gasteiger partial charge in [0, 0.05) is 5.02 Å². The third-order valence-corrected chi connectivity index (χ3v) is 3.24. The number of carboxylic acids is 1. The van der Waals surface area contributed by atoms with Gasteiger partial charge in [0.05, 0.1) is 12.7 Å². The number of nitrogens with one attached hydrogen (secondary N) is 1. The lowest BCUT2D eigenvalue weighted by molar-refractivity contribution is 0.0697. The van der Waals surface area contributed by atoms with Gasteiger partial charge in [-0.1, -0.05) is 29.8 Å². The molecule has 0 radical (unpaired) electrons. The second-order valence-corrected chi connectivity index (χ2v) is 4.95. The van der Waals surface area contributed by atoms with Crippen LogP contribution in [-0.2, 0) is 11.3 Å². The number of para-hydroxylation sites is 1. The molecule has 23 heavy (non-hydrogen) atoms. The number of hydrogen-bond donors (Lipinski definition) is 2. The molecule has 0 aliphatic carbocycles. The van der Waals surface area contributed by atoms with Crippen LogP contribution in [0.5, 0.6) is 5.75 Å². The Morgan fingerprint density at radius 1 is 1.17 bits per heavy atom. The van der Waals surface area contributed by atoms with Gasteiger partial charge in [-0.25, -0.2) is 9.59 Å². The number of hydrogen-bond acceptors (Lipinski definition) is 4. The van der Waals surface area contributed by atoms with Gasteiger partial charge in [0.2, 0.25) is 0 Å². The van der Waals surface area contributed by atoms with Crippen LogP contribution in [0.1, 0.15) is 15.9 Å². The molecule has 0 spiro atoms. The van der Waals surface area contributed by atoms with Crippen molar-refractivity contribution in [2.24, 2.45) is 0 Å². The first-order chi connectivity index (χ1) is 11.0. The van der Waals surface area contributed by atoms with E-state index in [1.54, 1.807) is 30.3 Å². The first kappa shape index (κ1) is 16.6. The van der Waals surface area contributed by atoms with Crippen molar-refractivity contribution in [3.63, 3.8) is 0 Å². The van der Waals surface area contributed by atoms with Crippen LogP contribution in [0.25, 0.3) is 0 Å². The van der Waals surface area contributed by atoms with E-state index in [0.29, 0.717) is 5.02 Å². The molecule has 0 aromatic heterocycles. The SMILES string of the molecule is COc1cccc(C(=O)O)c1NC(=O)OCc1ccc(Cl)cc1. The van der Waals surface area contributed by atoms with Crippen LogP contribution in [0.2, 0.25) is 5.02 Å². The maximum Gasteiger partial charge on any atom is 0.412 e. The second-order valence-electron chi connectivity index (χ2n) is 4.52. The van der Waals surface area contributed by atoms with Gasteiger partial charge in [0.1, 0.15) is 18.0 Å². The fraction of sp³-hybridized carbons (Fsp3) is 0.125. The molecule has 0 atom stereocenters. The normalized spacial score (nSPS) is 10.0. The standard InChI is InChI=1S/C16H14ClNO5/c1-22-13-4-2-3-12(15(19)20)14(13)18-16(21)23-9-10-5-7-11(17)8-6-10/h2-8H,9H2,1H3,(H,18,21)(H,19,20). The summed E-state index contributed by atoms with van der Waals surface area (Å²) in [6, 6.07) is 11.2. The van der Waals surface area contributed by atoms with Crippen molar-refractivity contribution in [2.45, 2.75) is 6.61 Å². The number of amides is 1. The molecule has 7 heteroatoms. The zero-order chi connectivity index (χ0) is 16.8. The number of carbonyl (C=O) groups excluding carboxylic acids is 1. The van der Waals surface area contributed by atoms with Crippen LogP contribution in [0.4, 0.5) is 10.5 Å². The molecule has 1 amide bonds. The van der Waals surface area contributed by atoms with E-state index < -0.39 is 12.1 Å². The third kappa shape index (κ3) is 4.37. The van der Waals surface area contributed by atoms with E-state index in [4.69, 9.17) is 21.1 Å². The fourth-order valence-corrected chi connectivity index (χ4v) is 2.00. The lowest BCUT2D eigenvalue weighted by Crippen LogP contribution is -2.16.